The molecule has 0 spiro atoms. The molecule has 0 aromatic rings. The molecule has 0 aliphatic carbocycles. The monoisotopic (exact) mass is 233 g/mol. The van der Waals surface area contributed by atoms with Crippen molar-refractivity contribution in [3.63, 3.8) is 0 Å². The van der Waals surface area contributed by atoms with E-state index in [0.29, 0.717) is 19.8 Å². The maximum Gasteiger partial charge on any atom is 0.0701 e. The molecule has 0 heterocycles. The fourth-order valence-corrected chi connectivity index (χ4v) is 1.33. The van der Waals surface area contributed by atoms with Crippen molar-refractivity contribution >= 4 is 0 Å². The summed E-state index contributed by atoms with van der Waals surface area (Å²) in [6.07, 6.45) is 5.20. The summed E-state index contributed by atoms with van der Waals surface area (Å²) in [6, 6.07) is 0. The van der Waals surface area contributed by atoms with Crippen molar-refractivity contribution in [1.29, 1.82) is 0 Å². The highest BCUT2D eigenvalue weighted by Crippen LogP contribution is 1.96. The minimum atomic E-state index is 0.0827. The van der Waals surface area contributed by atoms with Crippen LogP contribution in [0, 0.1) is 0 Å². The van der Waals surface area contributed by atoms with Gasteiger partial charge in [0.1, 0.15) is 0 Å². The predicted octanol–water partition coefficient (Wildman–Crippen LogP) is 1.18. The molecule has 0 aromatic heterocycles. The van der Waals surface area contributed by atoms with Crippen molar-refractivity contribution in [1.82, 2.24) is 5.32 Å². The van der Waals surface area contributed by atoms with Crippen LogP contribution in [0.25, 0.3) is 0 Å². The molecule has 0 amide bonds. The Hall–Kier alpha value is -0.160. The van der Waals surface area contributed by atoms with E-state index in [0.717, 1.165) is 19.7 Å². The molecule has 0 atom stereocenters. The molecule has 0 aliphatic rings. The van der Waals surface area contributed by atoms with Gasteiger partial charge in [0.15, 0.2) is 0 Å². The van der Waals surface area contributed by atoms with Crippen molar-refractivity contribution in [3.05, 3.63) is 0 Å². The molecule has 0 fully saturated rings. The molecule has 0 aromatic carbocycles. The average Bonchev–Trinajstić information content (AvgIpc) is 2.31. The number of rotatable bonds is 13. The number of aliphatic hydroxyl groups is 1. The van der Waals surface area contributed by atoms with Crippen LogP contribution in [0.3, 0.4) is 0 Å². The molecule has 98 valence electrons. The molecule has 4 nitrogen and oxygen atoms in total. The summed E-state index contributed by atoms with van der Waals surface area (Å²) in [7, 11) is 0. The Kier molecular flexibility index (Phi) is 14.7. The molecule has 0 saturated heterocycles. The van der Waals surface area contributed by atoms with Crippen LogP contribution in [0.4, 0.5) is 0 Å². The molecule has 0 bridgehead atoms. The largest absolute Gasteiger partial charge is 0.394 e. The van der Waals surface area contributed by atoms with Gasteiger partial charge in [-0.1, -0.05) is 26.2 Å². The van der Waals surface area contributed by atoms with E-state index in [2.05, 4.69) is 12.2 Å². The highest BCUT2D eigenvalue weighted by molar-refractivity contribution is 4.47. The Morgan fingerprint density at radius 2 is 1.62 bits per heavy atom. The van der Waals surface area contributed by atoms with Crippen molar-refractivity contribution in [2.75, 3.05) is 46.1 Å². The van der Waals surface area contributed by atoms with E-state index in [1.54, 1.807) is 0 Å². The zero-order chi connectivity index (χ0) is 11.9. The van der Waals surface area contributed by atoms with Gasteiger partial charge in [0.05, 0.1) is 33.0 Å². The lowest BCUT2D eigenvalue weighted by atomic mass is 10.2. The lowest BCUT2D eigenvalue weighted by Crippen LogP contribution is -2.21. The maximum atomic E-state index is 8.45. The van der Waals surface area contributed by atoms with Crippen molar-refractivity contribution in [2.24, 2.45) is 0 Å². The minimum absolute atomic E-state index is 0.0827. The first-order chi connectivity index (χ1) is 7.91. The number of aliphatic hydroxyl groups excluding tert-OH is 1. The summed E-state index contributed by atoms with van der Waals surface area (Å²) in [4.78, 5) is 0. The van der Waals surface area contributed by atoms with E-state index in [-0.39, 0.29) is 6.61 Å². The SMILES string of the molecule is CCCCCCNCCOCCOCCO. The summed E-state index contributed by atoms with van der Waals surface area (Å²) in [5, 5.41) is 11.8. The van der Waals surface area contributed by atoms with Crippen LogP contribution in [0.1, 0.15) is 32.6 Å². The third kappa shape index (κ3) is 13.8. The van der Waals surface area contributed by atoms with Gasteiger partial charge in [-0.25, -0.2) is 0 Å². The van der Waals surface area contributed by atoms with Crippen molar-refractivity contribution in [3.8, 4) is 0 Å². The first-order valence-electron chi connectivity index (χ1n) is 6.39. The zero-order valence-electron chi connectivity index (χ0n) is 10.5. The number of hydrogen-bond donors (Lipinski definition) is 2. The van der Waals surface area contributed by atoms with Crippen LogP contribution >= 0.6 is 0 Å². The maximum absolute atomic E-state index is 8.45. The van der Waals surface area contributed by atoms with Gasteiger partial charge in [-0.05, 0) is 13.0 Å². The summed E-state index contributed by atoms with van der Waals surface area (Å²) >= 11 is 0. The topological polar surface area (TPSA) is 50.7 Å². The molecule has 0 rings (SSSR count). The van der Waals surface area contributed by atoms with Crippen LogP contribution < -0.4 is 5.32 Å². The van der Waals surface area contributed by atoms with Crippen molar-refractivity contribution in [2.45, 2.75) is 32.6 Å². The molecule has 0 aliphatic heterocycles. The smallest absolute Gasteiger partial charge is 0.0701 e. The second-order valence-electron chi connectivity index (χ2n) is 3.76. The van der Waals surface area contributed by atoms with E-state index in [9.17, 15) is 0 Å². The average molecular weight is 233 g/mol. The third-order valence-corrected chi connectivity index (χ3v) is 2.24. The van der Waals surface area contributed by atoms with Gasteiger partial charge >= 0.3 is 0 Å². The fraction of sp³-hybridized carbons (Fsp3) is 1.00. The van der Waals surface area contributed by atoms with Crippen LogP contribution in [0.2, 0.25) is 0 Å². The molecular weight excluding hydrogens is 206 g/mol. The molecule has 2 N–H and O–H groups in total. The van der Waals surface area contributed by atoms with Gasteiger partial charge in [-0.3, -0.25) is 0 Å². The summed E-state index contributed by atoms with van der Waals surface area (Å²) < 4.78 is 10.4. The third-order valence-electron chi connectivity index (χ3n) is 2.24. The molecule has 0 unspecified atom stereocenters. The summed E-state index contributed by atoms with van der Waals surface area (Å²) in [5.41, 5.74) is 0. The molecule has 0 radical (unpaired) electrons. The van der Waals surface area contributed by atoms with Gasteiger partial charge < -0.3 is 19.9 Å². The molecular formula is C12H27NO3. The first kappa shape index (κ1) is 15.8. The van der Waals surface area contributed by atoms with E-state index in [4.69, 9.17) is 14.6 Å². The number of hydrogen-bond acceptors (Lipinski definition) is 4. The summed E-state index contributed by atoms with van der Waals surface area (Å²) in [5.74, 6) is 0. The normalized spacial score (nSPS) is 10.9. The van der Waals surface area contributed by atoms with Gasteiger partial charge in [0.25, 0.3) is 0 Å². The molecule has 4 heteroatoms. The number of unbranched alkanes of at least 4 members (excludes halogenated alkanes) is 3. The van der Waals surface area contributed by atoms with E-state index < -0.39 is 0 Å². The highest BCUT2D eigenvalue weighted by atomic mass is 16.5. The first-order valence-corrected chi connectivity index (χ1v) is 6.39. The summed E-state index contributed by atoms with van der Waals surface area (Å²) in [6.45, 7) is 6.61. The van der Waals surface area contributed by atoms with Crippen LogP contribution in [0.15, 0.2) is 0 Å². The minimum Gasteiger partial charge on any atom is -0.394 e. The Labute approximate surface area is 99.3 Å². The van der Waals surface area contributed by atoms with Gasteiger partial charge in [0.2, 0.25) is 0 Å². The van der Waals surface area contributed by atoms with Crippen molar-refractivity contribution < 1.29 is 14.6 Å². The Balaban J connectivity index is 2.83. The quantitative estimate of drug-likeness (QED) is 0.469. The zero-order valence-corrected chi connectivity index (χ0v) is 10.5. The highest BCUT2D eigenvalue weighted by Gasteiger charge is 1.91. The Morgan fingerprint density at radius 3 is 2.31 bits per heavy atom. The number of nitrogens with one attached hydrogen (secondary N) is 1. The molecule has 16 heavy (non-hydrogen) atoms. The fourth-order valence-electron chi connectivity index (χ4n) is 1.33. The van der Waals surface area contributed by atoms with E-state index in [1.165, 1.54) is 25.7 Å². The van der Waals surface area contributed by atoms with Gasteiger partial charge in [-0.15, -0.1) is 0 Å². The second-order valence-corrected chi connectivity index (χ2v) is 3.76. The Morgan fingerprint density at radius 1 is 0.875 bits per heavy atom. The number of ether oxygens (including phenoxy) is 2. The van der Waals surface area contributed by atoms with Crippen LogP contribution in [-0.4, -0.2) is 51.2 Å². The Bertz CT molecular complexity index is 109. The standard InChI is InChI=1S/C12H27NO3/c1-2-3-4-5-6-13-7-9-15-11-12-16-10-8-14/h13-14H,2-12H2,1H3. The lowest BCUT2D eigenvalue weighted by Gasteiger charge is -2.06. The van der Waals surface area contributed by atoms with E-state index >= 15 is 0 Å². The van der Waals surface area contributed by atoms with Gasteiger partial charge in [-0.2, -0.15) is 0 Å². The molecule has 0 saturated carbocycles. The van der Waals surface area contributed by atoms with Gasteiger partial charge in [0, 0.05) is 6.54 Å². The predicted molar refractivity (Wildman–Crippen MR) is 65.7 cm³/mol. The van der Waals surface area contributed by atoms with E-state index in [1.807, 2.05) is 0 Å². The van der Waals surface area contributed by atoms with Crippen LogP contribution in [-0.2, 0) is 9.47 Å². The second kappa shape index (κ2) is 14.8. The lowest BCUT2D eigenvalue weighted by molar-refractivity contribution is 0.0340. The van der Waals surface area contributed by atoms with Crippen LogP contribution in [0.5, 0.6) is 0 Å².